The fraction of sp³-hybridized carbons (Fsp3) is 0.250. The molecule has 0 unspecified atom stereocenters. The van der Waals surface area contributed by atoms with Gasteiger partial charge in [-0.3, -0.25) is 25.8 Å². The SMILES string of the molecule is COc1ccc(CC(=O)NNC(=S)NC(=O)c2ccc(OC(C)C)cc2)cc1. The van der Waals surface area contributed by atoms with Gasteiger partial charge in [-0.1, -0.05) is 12.1 Å². The quantitative estimate of drug-likeness (QED) is 0.509. The number of hydrogen-bond donors (Lipinski definition) is 3. The Bertz CT molecular complexity index is 820. The van der Waals surface area contributed by atoms with E-state index in [2.05, 4.69) is 16.2 Å². The molecule has 0 aromatic heterocycles. The van der Waals surface area contributed by atoms with Crippen LogP contribution in [0.15, 0.2) is 48.5 Å². The third-order valence-electron chi connectivity index (χ3n) is 3.55. The van der Waals surface area contributed by atoms with E-state index >= 15 is 0 Å². The van der Waals surface area contributed by atoms with Crippen LogP contribution < -0.4 is 25.6 Å². The van der Waals surface area contributed by atoms with Gasteiger partial charge in [0.05, 0.1) is 19.6 Å². The molecule has 7 nitrogen and oxygen atoms in total. The van der Waals surface area contributed by atoms with E-state index < -0.39 is 5.91 Å². The summed E-state index contributed by atoms with van der Waals surface area (Å²) < 4.78 is 10.6. The summed E-state index contributed by atoms with van der Waals surface area (Å²) in [5.41, 5.74) is 6.20. The van der Waals surface area contributed by atoms with Gasteiger partial charge in [-0.2, -0.15) is 0 Å². The molecule has 2 aromatic rings. The van der Waals surface area contributed by atoms with Crippen molar-refractivity contribution >= 4 is 29.1 Å². The van der Waals surface area contributed by atoms with Gasteiger partial charge >= 0.3 is 0 Å². The smallest absolute Gasteiger partial charge is 0.257 e. The third-order valence-corrected chi connectivity index (χ3v) is 3.76. The molecule has 0 heterocycles. The van der Waals surface area contributed by atoms with Crippen LogP contribution in [0.25, 0.3) is 0 Å². The van der Waals surface area contributed by atoms with Gasteiger partial charge in [-0.25, -0.2) is 0 Å². The lowest BCUT2D eigenvalue weighted by atomic mass is 10.1. The van der Waals surface area contributed by atoms with Crippen LogP contribution in [0.3, 0.4) is 0 Å². The van der Waals surface area contributed by atoms with Crippen molar-refractivity contribution in [1.29, 1.82) is 0 Å². The molecule has 148 valence electrons. The third kappa shape index (κ3) is 6.88. The van der Waals surface area contributed by atoms with E-state index in [1.807, 2.05) is 13.8 Å². The zero-order chi connectivity index (χ0) is 20.5. The molecule has 0 spiro atoms. The Balaban J connectivity index is 1.77. The predicted molar refractivity (Wildman–Crippen MR) is 110 cm³/mol. The molecule has 0 saturated carbocycles. The maximum absolute atomic E-state index is 12.2. The second-order valence-corrected chi connectivity index (χ2v) is 6.58. The van der Waals surface area contributed by atoms with E-state index in [9.17, 15) is 9.59 Å². The van der Waals surface area contributed by atoms with Crippen molar-refractivity contribution in [2.24, 2.45) is 0 Å². The molecule has 28 heavy (non-hydrogen) atoms. The molecule has 0 saturated heterocycles. The molecule has 0 aliphatic heterocycles. The standard InChI is InChI=1S/C20H23N3O4S/c1-13(2)27-17-10-6-15(7-11-17)19(25)21-20(28)23-22-18(24)12-14-4-8-16(26-3)9-5-14/h4-11,13H,12H2,1-3H3,(H,22,24)(H2,21,23,25,28). The average Bonchev–Trinajstić information content (AvgIpc) is 2.67. The van der Waals surface area contributed by atoms with E-state index in [0.29, 0.717) is 11.3 Å². The number of rotatable bonds is 6. The summed E-state index contributed by atoms with van der Waals surface area (Å²) in [6, 6.07) is 13.8. The van der Waals surface area contributed by atoms with E-state index in [1.54, 1.807) is 55.6 Å². The number of thiocarbonyl (C=S) groups is 1. The van der Waals surface area contributed by atoms with Gasteiger partial charge in [0.25, 0.3) is 5.91 Å². The summed E-state index contributed by atoms with van der Waals surface area (Å²) >= 11 is 5.03. The largest absolute Gasteiger partial charge is 0.497 e. The van der Waals surface area contributed by atoms with Crippen LogP contribution >= 0.6 is 12.2 Å². The van der Waals surface area contributed by atoms with Crippen molar-refractivity contribution in [2.75, 3.05) is 7.11 Å². The molecule has 2 aromatic carbocycles. The van der Waals surface area contributed by atoms with Gasteiger partial charge in [-0.05, 0) is 68.0 Å². The first-order valence-electron chi connectivity index (χ1n) is 8.67. The number of benzene rings is 2. The first-order valence-corrected chi connectivity index (χ1v) is 9.08. The molecule has 0 radical (unpaired) electrons. The average molecular weight is 401 g/mol. The van der Waals surface area contributed by atoms with E-state index in [0.717, 1.165) is 11.3 Å². The minimum Gasteiger partial charge on any atom is -0.497 e. The Labute approximate surface area is 169 Å². The zero-order valence-corrected chi connectivity index (χ0v) is 16.8. The van der Waals surface area contributed by atoms with Crippen LogP contribution in [-0.2, 0) is 11.2 Å². The Morgan fingerprint density at radius 2 is 1.57 bits per heavy atom. The molecule has 0 bridgehead atoms. The second-order valence-electron chi connectivity index (χ2n) is 6.17. The molecule has 3 N–H and O–H groups in total. The van der Waals surface area contributed by atoms with Crippen LogP contribution in [0, 0.1) is 0 Å². The second kappa shape index (κ2) is 10.3. The minimum atomic E-state index is -0.391. The molecule has 2 amide bonds. The molecule has 2 rings (SSSR count). The monoisotopic (exact) mass is 401 g/mol. The maximum Gasteiger partial charge on any atom is 0.257 e. The van der Waals surface area contributed by atoms with Gasteiger partial charge in [0.2, 0.25) is 5.91 Å². The lowest BCUT2D eigenvalue weighted by molar-refractivity contribution is -0.121. The summed E-state index contributed by atoms with van der Waals surface area (Å²) in [6.07, 6.45) is 0.211. The number of carbonyl (C=O) groups is 2. The zero-order valence-electron chi connectivity index (χ0n) is 15.9. The highest BCUT2D eigenvalue weighted by Crippen LogP contribution is 2.14. The number of amides is 2. The van der Waals surface area contributed by atoms with Crippen LogP contribution in [-0.4, -0.2) is 30.1 Å². The Morgan fingerprint density at radius 1 is 0.964 bits per heavy atom. The highest BCUT2D eigenvalue weighted by Gasteiger charge is 2.09. The predicted octanol–water partition coefficient (Wildman–Crippen LogP) is 2.36. The van der Waals surface area contributed by atoms with Gasteiger partial charge < -0.3 is 9.47 Å². The molecular formula is C20H23N3O4S. The summed E-state index contributed by atoms with van der Waals surface area (Å²) in [7, 11) is 1.58. The van der Waals surface area contributed by atoms with Crippen molar-refractivity contribution < 1.29 is 19.1 Å². The maximum atomic E-state index is 12.2. The fourth-order valence-corrected chi connectivity index (χ4v) is 2.41. The number of hydrazine groups is 1. The van der Waals surface area contributed by atoms with Gasteiger partial charge in [0.15, 0.2) is 5.11 Å². The van der Waals surface area contributed by atoms with Crippen molar-refractivity contribution in [1.82, 2.24) is 16.2 Å². The van der Waals surface area contributed by atoms with Gasteiger partial charge in [0, 0.05) is 5.56 Å². The van der Waals surface area contributed by atoms with Crippen molar-refractivity contribution in [2.45, 2.75) is 26.4 Å². The lowest BCUT2D eigenvalue weighted by Gasteiger charge is -2.12. The normalized spacial score (nSPS) is 10.1. The summed E-state index contributed by atoms with van der Waals surface area (Å²) in [4.78, 5) is 24.1. The highest BCUT2D eigenvalue weighted by atomic mass is 32.1. The fourth-order valence-electron chi connectivity index (χ4n) is 2.26. The highest BCUT2D eigenvalue weighted by molar-refractivity contribution is 7.80. The molecule has 0 aliphatic rings. The first-order chi connectivity index (χ1) is 13.4. The minimum absolute atomic E-state index is 0.00409. The Kier molecular flexibility index (Phi) is 7.76. The first kappa shape index (κ1) is 21.2. The number of hydrogen-bond acceptors (Lipinski definition) is 5. The van der Waals surface area contributed by atoms with Crippen LogP contribution in [0.1, 0.15) is 29.8 Å². The Hall–Kier alpha value is -3.13. The van der Waals surface area contributed by atoms with Crippen molar-refractivity contribution in [3.05, 3.63) is 59.7 Å². The summed E-state index contributed by atoms with van der Waals surface area (Å²) in [5, 5.41) is 2.50. The topological polar surface area (TPSA) is 88.7 Å². The van der Waals surface area contributed by atoms with Crippen LogP contribution in [0.2, 0.25) is 0 Å². The van der Waals surface area contributed by atoms with Crippen LogP contribution in [0.5, 0.6) is 11.5 Å². The molecule has 8 heteroatoms. The Morgan fingerprint density at radius 3 is 2.14 bits per heavy atom. The van der Waals surface area contributed by atoms with Crippen molar-refractivity contribution in [3.63, 3.8) is 0 Å². The van der Waals surface area contributed by atoms with E-state index in [-0.39, 0.29) is 23.5 Å². The van der Waals surface area contributed by atoms with E-state index in [4.69, 9.17) is 21.7 Å². The van der Waals surface area contributed by atoms with Crippen LogP contribution in [0.4, 0.5) is 0 Å². The molecule has 0 atom stereocenters. The molecule has 0 aliphatic carbocycles. The lowest BCUT2D eigenvalue weighted by Crippen LogP contribution is -2.48. The number of nitrogens with one attached hydrogen (secondary N) is 3. The summed E-state index contributed by atoms with van der Waals surface area (Å²) in [5.74, 6) is 0.711. The molecule has 0 fully saturated rings. The number of ether oxygens (including phenoxy) is 2. The van der Waals surface area contributed by atoms with Crippen molar-refractivity contribution in [3.8, 4) is 11.5 Å². The molecular weight excluding hydrogens is 378 g/mol. The number of methoxy groups -OCH3 is 1. The summed E-state index contributed by atoms with van der Waals surface area (Å²) in [6.45, 7) is 3.85. The number of carbonyl (C=O) groups excluding carboxylic acids is 2. The van der Waals surface area contributed by atoms with Gasteiger partial charge in [-0.15, -0.1) is 0 Å². The van der Waals surface area contributed by atoms with E-state index in [1.165, 1.54) is 0 Å². The van der Waals surface area contributed by atoms with Gasteiger partial charge in [0.1, 0.15) is 11.5 Å².